The highest BCUT2D eigenvalue weighted by atomic mass is 16.5. The summed E-state index contributed by atoms with van der Waals surface area (Å²) in [4.78, 5) is 39.4. The fourth-order valence-corrected chi connectivity index (χ4v) is 4.26. The lowest BCUT2D eigenvalue weighted by Crippen LogP contribution is -2.37. The van der Waals surface area contributed by atoms with Gasteiger partial charge in [-0.2, -0.15) is 0 Å². The van der Waals surface area contributed by atoms with Gasteiger partial charge in [-0.15, -0.1) is 0 Å². The van der Waals surface area contributed by atoms with Crippen LogP contribution in [0.1, 0.15) is 69.2 Å². The maximum Gasteiger partial charge on any atom is 0.261 e. The number of carbonyl (C=O) groups is 3. The van der Waals surface area contributed by atoms with Crippen molar-refractivity contribution >= 4 is 17.7 Å². The first-order chi connectivity index (χ1) is 14.5. The first-order valence-electron chi connectivity index (χ1n) is 10.4. The molecule has 6 heteroatoms. The van der Waals surface area contributed by atoms with Crippen LogP contribution in [0.15, 0.2) is 42.5 Å². The van der Waals surface area contributed by atoms with Gasteiger partial charge < -0.3 is 10.1 Å². The van der Waals surface area contributed by atoms with Crippen molar-refractivity contribution in [3.05, 3.63) is 64.7 Å². The lowest BCUT2D eigenvalue weighted by Gasteiger charge is -2.27. The lowest BCUT2D eigenvalue weighted by molar-refractivity contribution is 0.0642. The van der Waals surface area contributed by atoms with Gasteiger partial charge in [0.2, 0.25) is 0 Å². The summed E-state index contributed by atoms with van der Waals surface area (Å²) in [6.45, 7) is 2.35. The summed E-state index contributed by atoms with van der Waals surface area (Å²) in [5.41, 5.74) is 1.96. The number of amides is 3. The Bertz CT molecular complexity index is 957. The van der Waals surface area contributed by atoms with Gasteiger partial charge in [-0.1, -0.05) is 25.1 Å². The molecule has 0 saturated heterocycles. The molecule has 2 aromatic rings. The highest BCUT2D eigenvalue weighted by molar-refractivity contribution is 6.21. The van der Waals surface area contributed by atoms with Crippen molar-refractivity contribution in [3.63, 3.8) is 0 Å². The highest BCUT2D eigenvalue weighted by Crippen LogP contribution is 2.27. The number of rotatable bonds is 5. The van der Waals surface area contributed by atoms with Crippen LogP contribution in [0.5, 0.6) is 5.75 Å². The van der Waals surface area contributed by atoms with E-state index in [1.165, 1.54) is 12.0 Å². The quantitative estimate of drug-likeness (QED) is 0.767. The Morgan fingerprint density at radius 2 is 1.67 bits per heavy atom. The van der Waals surface area contributed by atoms with Crippen LogP contribution in [-0.4, -0.2) is 35.8 Å². The topological polar surface area (TPSA) is 75.7 Å². The number of carbonyl (C=O) groups excluding carboxylic acids is 3. The molecule has 0 spiro atoms. The summed E-state index contributed by atoms with van der Waals surface area (Å²) in [5.74, 6) is 0.372. The Hall–Kier alpha value is -3.15. The van der Waals surface area contributed by atoms with Gasteiger partial charge in [-0.05, 0) is 61.4 Å². The van der Waals surface area contributed by atoms with Crippen molar-refractivity contribution in [2.75, 3.05) is 7.11 Å². The van der Waals surface area contributed by atoms with E-state index in [0.29, 0.717) is 33.9 Å². The average Bonchev–Trinajstić information content (AvgIpc) is 3.00. The molecule has 3 amide bonds. The Labute approximate surface area is 176 Å². The summed E-state index contributed by atoms with van der Waals surface area (Å²) in [6.07, 6.45) is 4.18. The van der Waals surface area contributed by atoms with E-state index < -0.39 is 0 Å². The Balaban J connectivity index is 1.52. The monoisotopic (exact) mass is 406 g/mol. The van der Waals surface area contributed by atoms with Crippen LogP contribution in [-0.2, 0) is 6.54 Å². The van der Waals surface area contributed by atoms with Gasteiger partial charge in [-0.25, -0.2) is 0 Å². The number of fused-ring (bicyclic) bond motifs is 1. The third kappa shape index (κ3) is 3.82. The molecule has 0 atom stereocenters. The predicted octanol–water partition coefficient (Wildman–Crippen LogP) is 3.80. The zero-order valence-electron chi connectivity index (χ0n) is 17.3. The van der Waals surface area contributed by atoms with Gasteiger partial charge in [0.1, 0.15) is 5.75 Å². The number of hydrogen-bond acceptors (Lipinski definition) is 4. The second kappa shape index (κ2) is 8.30. The Kier molecular flexibility index (Phi) is 5.57. The second-order valence-corrected chi connectivity index (χ2v) is 8.21. The molecule has 1 saturated carbocycles. The van der Waals surface area contributed by atoms with E-state index in [-0.39, 0.29) is 30.3 Å². The van der Waals surface area contributed by atoms with Crippen molar-refractivity contribution in [2.24, 2.45) is 5.92 Å². The van der Waals surface area contributed by atoms with E-state index in [4.69, 9.17) is 4.74 Å². The van der Waals surface area contributed by atoms with Crippen LogP contribution in [0.4, 0.5) is 0 Å². The normalized spacial score (nSPS) is 20.8. The fourth-order valence-electron chi connectivity index (χ4n) is 4.26. The molecule has 1 aliphatic carbocycles. The van der Waals surface area contributed by atoms with Gasteiger partial charge in [0.15, 0.2) is 0 Å². The minimum Gasteiger partial charge on any atom is -0.496 e. The first-order valence-corrected chi connectivity index (χ1v) is 10.4. The molecule has 1 heterocycles. The molecule has 0 unspecified atom stereocenters. The molecule has 2 aromatic carbocycles. The molecule has 156 valence electrons. The largest absolute Gasteiger partial charge is 0.496 e. The molecule has 0 aromatic heterocycles. The number of hydrogen-bond donors (Lipinski definition) is 1. The molecule has 0 bridgehead atoms. The summed E-state index contributed by atoms with van der Waals surface area (Å²) in [7, 11) is 1.53. The van der Waals surface area contributed by atoms with E-state index in [2.05, 4.69) is 12.2 Å². The van der Waals surface area contributed by atoms with Crippen molar-refractivity contribution < 1.29 is 19.1 Å². The SMILES string of the molecule is COc1ccc(CN2C(=O)c3ccccc3C2=O)cc1C(=O)NC1CCC(C)CC1. The number of nitrogens with one attached hydrogen (secondary N) is 1. The van der Waals surface area contributed by atoms with Crippen LogP contribution in [0.25, 0.3) is 0 Å². The van der Waals surface area contributed by atoms with Crippen LogP contribution in [0.3, 0.4) is 0 Å². The summed E-state index contributed by atoms with van der Waals surface area (Å²) < 4.78 is 5.38. The van der Waals surface area contributed by atoms with E-state index in [1.54, 1.807) is 42.5 Å². The maximum atomic E-state index is 12.9. The molecule has 1 aliphatic heterocycles. The zero-order chi connectivity index (χ0) is 21.3. The van der Waals surface area contributed by atoms with Crippen LogP contribution in [0, 0.1) is 5.92 Å². The molecule has 6 nitrogen and oxygen atoms in total. The van der Waals surface area contributed by atoms with Crippen LogP contribution < -0.4 is 10.1 Å². The standard InChI is InChI=1S/C24H26N2O4/c1-15-7-10-17(11-8-15)25-22(27)20-13-16(9-12-21(20)30-2)14-26-23(28)18-5-3-4-6-19(18)24(26)29/h3-6,9,12-13,15,17H,7-8,10-11,14H2,1-2H3,(H,25,27). The third-order valence-electron chi connectivity index (χ3n) is 6.08. The third-order valence-corrected chi connectivity index (χ3v) is 6.08. The van der Waals surface area contributed by atoms with Crippen molar-refractivity contribution in [1.82, 2.24) is 10.2 Å². The van der Waals surface area contributed by atoms with Gasteiger partial charge in [0, 0.05) is 6.04 Å². The number of benzene rings is 2. The fraction of sp³-hybridized carbons (Fsp3) is 0.375. The Morgan fingerprint density at radius 1 is 1.03 bits per heavy atom. The van der Waals surface area contributed by atoms with Gasteiger partial charge in [-0.3, -0.25) is 19.3 Å². The van der Waals surface area contributed by atoms with Crippen LogP contribution in [0.2, 0.25) is 0 Å². The first kappa shape index (κ1) is 20.1. The Morgan fingerprint density at radius 3 is 2.27 bits per heavy atom. The summed E-state index contributed by atoms with van der Waals surface area (Å²) in [6, 6.07) is 12.2. The number of imide groups is 1. The lowest BCUT2D eigenvalue weighted by atomic mass is 9.87. The van der Waals surface area contributed by atoms with Crippen molar-refractivity contribution in [3.8, 4) is 5.75 Å². The smallest absolute Gasteiger partial charge is 0.261 e. The van der Waals surface area contributed by atoms with Gasteiger partial charge in [0.25, 0.3) is 17.7 Å². The van der Waals surface area contributed by atoms with Crippen molar-refractivity contribution in [2.45, 2.75) is 45.2 Å². The average molecular weight is 406 g/mol. The molecule has 4 rings (SSSR count). The molecule has 2 aliphatic rings. The minimum absolute atomic E-state index is 0.109. The van der Waals surface area contributed by atoms with E-state index in [9.17, 15) is 14.4 Å². The predicted molar refractivity (Wildman–Crippen MR) is 113 cm³/mol. The van der Waals surface area contributed by atoms with Gasteiger partial charge in [0.05, 0.1) is 30.3 Å². The highest BCUT2D eigenvalue weighted by Gasteiger charge is 2.35. The maximum absolute atomic E-state index is 12.9. The zero-order valence-corrected chi connectivity index (χ0v) is 17.3. The van der Waals surface area contributed by atoms with Gasteiger partial charge >= 0.3 is 0 Å². The molecule has 1 N–H and O–H groups in total. The van der Waals surface area contributed by atoms with Crippen LogP contribution >= 0.6 is 0 Å². The number of ether oxygens (including phenoxy) is 1. The van der Waals surface area contributed by atoms with E-state index in [0.717, 1.165) is 25.7 Å². The number of methoxy groups -OCH3 is 1. The summed E-state index contributed by atoms with van der Waals surface area (Å²) >= 11 is 0. The molecule has 30 heavy (non-hydrogen) atoms. The second-order valence-electron chi connectivity index (χ2n) is 8.21. The molecule has 0 radical (unpaired) electrons. The molecule has 1 fully saturated rings. The number of nitrogens with zero attached hydrogens (tertiary/aromatic N) is 1. The minimum atomic E-state index is -0.311. The van der Waals surface area contributed by atoms with E-state index in [1.807, 2.05) is 0 Å². The summed E-state index contributed by atoms with van der Waals surface area (Å²) in [5, 5.41) is 3.12. The van der Waals surface area contributed by atoms with Crippen molar-refractivity contribution in [1.29, 1.82) is 0 Å². The molecular formula is C24H26N2O4. The van der Waals surface area contributed by atoms with E-state index >= 15 is 0 Å². The molecular weight excluding hydrogens is 380 g/mol.